The molecular weight excluding hydrogens is 260 g/mol. The summed E-state index contributed by atoms with van der Waals surface area (Å²) in [4.78, 5) is 17.7. The van der Waals surface area contributed by atoms with Gasteiger partial charge in [0.05, 0.1) is 26.1 Å². The highest BCUT2D eigenvalue weighted by atomic mass is 16.5. The van der Waals surface area contributed by atoms with Crippen LogP contribution in [0.25, 0.3) is 17.5 Å². The van der Waals surface area contributed by atoms with E-state index in [0.29, 0.717) is 23.0 Å². The molecule has 0 spiro atoms. The molecule has 1 aromatic carbocycles. The Bertz CT molecular complexity index is 646. The Kier molecular flexibility index (Phi) is 4.05. The summed E-state index contributed by atoms with van der Waals surface area (Å²) in [6, 6.07) is 5.41. The second-order valence-electron chi connectivity index (χ2n) is 3.93. The van der Waals surface area contributed by atoms with Gasteiger partial charge in [0.1, 0.15) is 5.82 Å². The number of ether oxygens (including phenoxy) is 2. The molecular formula is C14H14N2O4. The standard InChI is InChI=1S/C14H14N2O4/c1-19-11-5-3-9(7-12(11)20-2)14-15-8-10(16-14)4-6-13(17)18/h3-8H,1-2H3,(H,15,16)(H,17,18)/b6-4+. The van der Waals surface area contributed by atoms with Gasteiger partial charge < -0.3 is 19.6 Å². The monoisotopic (exact) mass is 274 g/mol. The average molecular weight is 274 g/mol. The third-order valence-electron chi connectivity index (χ3n) is 2.66. The molecule has 0 aliphatic carbocycles. The van der Waals surface area contributed by atoms with Crippen molar-refractivity contribution in [3.63, 3.8) is 0 Å². The van der Waals surface area contributed by atoms with E-state index in [1.165, 1.54) is 6.08 Å². The van der Waals surface area contributed by atoms with Crippen LogP contribution in [0.4, 0.5) is 0 Å². The van der Waals surface area contributed by atoms with Crippen LogP contribution in [0.1, 0.15) is 5.69 Å². The van der Waals surface area contributed by atoms with E-state index >= 15 is 0 Å². The molecule has 1 aromatic heterocycles. The molecule has 0 aliphatic rings. The number of carboxylic acids is 1. The van der Waals surface area contributed by atoms with Crippen LogP contribution in [0.3, 0.4) is 0 Å². The Morgan fingerprint density at radius 2 is 2.05 bits per heavy atom. The van der Waals surface area contributed by atoms with Crippen molar-refractivity contribution < 1.29 is 19.4 Å². The van der Waals surface area contributed by atoms with Crippen molar-refractivity contribution in [3.8, 4) is 22.9 Å². The van der Waals surface area contributed by atoms with Crippen LogP contribution in [-0.4, -0.2) is 35.3 Å². The largest absolute Gasteiger partial charge is 0.493 e. The minimum atomic E-state index is -1.01. The number of benzene rings is 1. The molecule has 0 saturated heterocycles. The van der Waals surface area contributed by atoms with Crippen molar-refractivity contribution in [2.75, 3.05) is 14.2 Å². The average Bonchev–Trinajstić information content (AvgIpc) is 2.93. The number of hydrogen-bond donors (Lipinski definition) is 2. The number of aliphatic carboxylic acids is 1. The van der Waals surface area contributed by atoms with E-state index < -0.39 is 5.97 Å². The highest BCUT2D eigenvalue weighted by Gasteiger charge is 2.08. The molecule has 0 unspecified atom stereocenters. The van der Waals surface area contributed by atoms with Crippen molar-refractivity contribution in [1.29, 1.82) is 0 Å². The van der Waals surface area contributed by atoms with Gasteiger partial charge in [-0.15, -0.1) is 0 Å². The zero-order valence-corrected chi connectivity index (χ0v) is 11.1. The van der Waals surface area contributed by atoms with Gasteiger partial charge >= 0.3 is 5.97 Å². The van der Waals surface area contributed by atoms with Crippen LogP contribution in [-0.2, 0) is 4.79 Å². The Labute approximate surface area is 115 Å². The maximum atomic E-state index is 10.5. The number of H-pyrrole nitrogens is 1. The molecule has 0 atom stereocenters. The van der Waals surface area contributed by atoms with Crippen LogP contribution in [0.15, 0.2) is 30.5 Å². The van der Waals surface area contributed by atoms with Crippen molar-refractivity contribution >= 4 is 12.0 Å². The highest BCUT2D eigenvalue weighted by Crippen LogP contribution is 2.31. The Morgan fingerprint density at radius 1 is 1.30 bits per heavy atom. The lowest BCUT2D eigenvalue weighted by Gasteiger charge is -2.08. The Morgan fingerprint density at radius 3 is 2.70 bits per heavy atom. The number of hydrogen-bond acceptors (Lipinski definition) is 4. The van der Waals surface area contributed by atoms with Gasteiger partial charge in [-0.3, -0.25) is 0 Å². The number of methoxy groups -OCH3 is 2. The molecule has 2 N–H and O–H groups in total. The molecule has 2 aromatic rings. The fourth-order valence-electron chi connectivity index (χ4n) is 1.71. The van der Waals surface area contributed by atoms with Crippen LogP contribution in [0, 0.1) is 0 Å². The van der Waals surface area contributed by atoms with Gasteiger partial charge in [-0.05, 0) is 24.3 Å². The molecule has 20 heavy (non-hydrogen) atoms. The molecule has 0 radical (unpaired) electrons. The van der Waals surface area contributed by atoms with E-state index in [1.807, 2.05) is 6.07 Å². The van der Waals surface area contributed by atoms with Gasteiger partial charge in [0.15, 0.2) is 11.5 Å². The summed E-state index contributed by atoms with van der Waals surface area (Å²) in [5.74, 6) is 0.848. The first kappa shape index (κ1) is 13.7. The molecule has 2 rings (SSSR count). The van der Waals surface area contributed by atoms with Crippen LogP contribution in [0.5, 0.6) is 11.5 Å². The predicted octanol–water partition coefficient (Wildman–Crippen LogP) is 2.19. The van der Waals surface area contributed by atoms with E-state index in [2.05, 4.69) is 9.97 Å². The summed E-state index contributed by atoms with van der Waals surface area (Å²) in [6.45, 7) is 0. The van der Waals surface area contributed by atoms with Gasteiger partial charge in [-0.25, -0.2) is 9.78 Å². The van der Waals surface area contributed by atoms with Gasteiger partial charge in [0, 0.05) is 11.6 Å². The molecule has 0 amide bonds. The zero-order chi connectivity index (χ0) is 14.5. The summed E-state index contributed by atoms with van der Waals surface area (Å²) < 4.78 is 10.4. The minimum absolute atomic E-state index is 0.601. The number of aromatic amines is 1. The van der Waals surface area contributed by atoms with E-state index in [4.69, 9.17) is 14.6 Å². The maximum absolute atomic E-state index is 10.5. The Hall–Kier alpha value is -2.76. The normalized spacial score (nSPS) is 10.7. The molecule has 6 nitrogen and oxygen atoms in total. The van der Waals surface area contributed by atoms with Gasteiger partial charge in [-0.1, -0.05) is 0 Å². The lowest BCUT2D eigenvalue weighted by Crippen LogP contribution is -1.91. The second-order valence-corrected chi connectivity index (χ2v) is 3.93. The second kappa shape index (κ2) is 5.92. The number of nitrogens with zero attached hydrogens (tertiary/aromatic N) is 1. The van der Waals surface area contributed by atoms with Crippen LogP contribution in [0.2, 0.25) is 0 Å². The molecule has 0 fully saturated rings. The fraction of sp³-hybridized carbons (Fsp3) is 0.143. The van der Waals surface area contributed by atoms with Gasteiger partial charge in [0.25, 0.3) is 0 Å². The van der Waals surface area contributed by atoms with Crippen molar-refractivity contribution in [2.45, 2.75) is 0 Å². The van der Waals surface area contributed by atoms with E-state index in [0.717, 1.165) is 11.6 Å². The lowest BCUT2D eigenvalue weighted by atomic mass is 10.2. The highest BCUT2D eigenvalue weighted by molar-refractivity contribution is 5.85. The SMILES string of the molecule is COc1ccc(-c2ncc(/C=C/C(=O)O)[nH]2)cc1OC. The lowest BCUT2D eigenvalue weighted by molar-refractivity contribution is -0.131. The van der Waals surface area contributed by atoms with E-state index in [9.17, 15) is 4.79 Å². The molecule has 0 bridgehead atoms. The minimum Gasteiger partial charge on any atom is -0.493 e. The first-order chi connectivity index (χ1) is 9.63. The topological polar surface area (TPSA) is 84.4 Å². The molecule has 0 saturated carbocycles. The van der Waals surface area contributed by atoms with Crippen molar-refractivity contribution in [2.24, 2.45) is 0 Å². The van der Waals surface area contributed by atoms with Gasteiger partial charge in [-0.2, -0.15) is 0 Å². The van der Waals surface area contributed by atoms with Crippen LogP contribution >= 0.6 is 0 Å². The summed E-state index contributed by atoms with van der Waals surface area (Å²) in [5, 5.41) is 8.57. The number of imidazole rings is 1. The summed E-state index contributed by atoms with van der Waals surface area (Å²) in [5.41, 5.74) is 1.43. The molecule has 6 heteroatoms. The summed E-state index contributed by atoms with van der Waals surface area (Å²) in [7, 11) is 3.13. The number of nitrogens with one attached hydrogen (secondary N) is 1. The third-order valence-corrected chi connectivity index (χ3v) is 2.66. The smallest absolute Gasteiger partial charge is 0.328 e. The first-order valence-corrected chi connectivity index (χ1v) is 5.82. The first-order valence-electron chi connectivity index (χ1n) is 5.82. The summed E-state index contributed by atoms with van der Waals surface area (Å²) in [6.07, 6.45) is 4.05. The molecule has 1 heterocycles. The van der Waals surface area contributed by atoms with Crippen LogP contribution < -0.4 is 9.47 Å². The van der Waals surface area contributed by atoms with Gasteiger partial charge in [0.2, 0.25) is 0 Å². The van der Waals surface area contributed by atoms with Crippen molar-refractivity contribution in [3.05, 3.63) is 36.2 Å². The fourth-order valence-corrected chi connectivity index (χ4v) is 1.71. The van der Waals surface area contributed by atoms with E-state index in [1.54, 1.807) is 32.5 Å². The predicted molar refractivity (Wildman–Crippen MR) is 73.8 cm³/mol. The van der Waals surface area contributed by atoms with E-state index in [-0.39, 0.29) is 0 Å². The number of aromatic nitrogens is 2. The summed E-state index contributed by atoms with van der Waals surface area (Å²) >= 11 is 0. The zero-order valence-electron chi connectivity index (χ0n) is 11.1. The maximum Gasteiger partial charge on any atom is 0.328 e. The molecule has 104 valence electrons. The van der Waals surface area contributed by atoms with Crippen molar-refractivity contribution in [1.82, 2.24) is 9.97 Å². The third kappa shape index (κ3) is 2.97. The quantitative estimate of drug-likeness (QED) is 0.816. The molecule has 0 aliphatic heterocycles. The number of carboxylic acid groups (broad SMARTS) is 1. The number of rotatable bonds is 5. The Balaban J connectivity index is 2.30. The number of carbonyl (C=O) groups is 1.